The third-order valence-corrected chi connectivity index (χ3v) is 17.9. The second-order valence-corrected chi connectivity index (χ2v) is 23.7. The Morgan fingerprint density at radius 2 is 1.37 bits per heavy atom. The maximum Gasteiger partial charge on any atom is 0.490 e. The number of aromatic nitrogens is 12. The number of nitrogens with two attached hydrogens (primary N) is 3. The fraction of sp³-hybridized carbons (Fsp3) is 0.571. The number of aliphatic hydroxyl groups is 3. The smallest absolute Gasteiger partial charge is 0.490 e. The third-order valence-electron chi connectivity index (χ3n) is 12.5. The minimum absolute atomic E-state index is 0.00596. The van der Waals surface area contributed by atoms with E-state index in [1.54, 1.807) is 0 Å². The molecule has 0 saturated carbocycles. The van der Waals surface area contributed by atoms with Crippen molar-refractivity contribution >= 4 is 82.4 Å². The van der Waals surface area contributed by atoms with Gasteiger partial charge in [-0.15, -0.1) is 0 Å². The lowest BCUT2D eigenvalue weighted by molar-refractivity contribution is -0.745. The van der Waals surface area contributed by atoms with Gasteiger partial charge >= 0.3 is 29.1 Å². The summed E-state index contributed by atoms with van der Waals surface area (Å²) in [5.41, 5.74) is 15.8. The molecule has 9 heterocycles. The maximum atomic E-state index is 13.7. The van der Waals surface area contributed by atoms with Crippen LogP contribution in [0.5, 0.6) is 0 Å². The third kappa shape index (κ3) is 11.7. The molecule has 3 aliphatic heterocycles. The van der Waals surface area contributed by atoms with Gasteiger partial charge in [-0.25, -0.2) is 43.3 Å². The number of fused-ring (bicyclic) bond motifs is 3. The molecule has 39 nitrogen and oxygen atoms in total. The van der Waals surface area contributed by atoms with Crippen LogP contribution in [-0.2, 0) is 71.2 Å². The second kappa shape index (κ2) is 22.1. The van der Waals surface area contributed by atoms with Crippen LogP contribution in [0.15, 0.2) is 34.9 Å². The van der Waals surface area contributed by atoms with Crippen molar-refractivity contribution in [2.24, 2.45) is 13.0 Å². The van der Waals surface area contributed by atoms with Crippen LogP contribution in [0.4, 0.5) is 17.7 Å². The first-order valence-electron chi connectivity index (χ1n) is 22.6. The molecule has 0 aromatic carbocycles. The van der Waals surface area contributed by atoms with Crippen LogP contribution in [0.1, 0.15) is 25.1 Å². The fourth-order valence-corrected chi connectivity index (χ4v) is 13.7. The minimum Gasteiger partial charge on any atom is -0.766 e. The molecule has 15 N–H and O–H groups in total. The molecule has 9 rings (SSSR count). The van der Waals surface area contributed by atoms with E-state index in [0.29, 0.717) is 0 Å². The van der Waals surface area contributed by atoms with Gasteiger partial charge in [-0.3, -0.25) is 46.9 Å². The summed E-state index contributed by atoms with van der Waals surface area (Å²) < 4.78 is 110. The highest BCUT2D eigenvalue weighted by Crippen LogP contribution is 2.68. The molecule has 3 aliphatic rings. The number of hydrogen-bond donors (Lipinski definition) is 12. The van der Waals surface area contributed by atoms with Crippen LogP contribution in [0.25, 0.3) is 33.5 Å². The van der Waals surface area contributed by atoms with Gasteiger partial charge in [0.05, 0.1) is 51.7 Å². The molecule has 4 unspecified atom stereocenters. The van der Waals surface area contributed by atoms with Crippen molar-refractivity contribution in [3.05, 3.63) is 46.0 Å². The Balaban J connectivity index is 0.871. The highest BCUT2D eigenvalue weighted by molar-refractivity contribution is 7.66. The zero-order valence-electron chi connectivity index (χ0n) is 40.4. The average molecular weight is 1190 g/mol. The zero-order valence-corrected chi connectivity index (χ0v) is 44.0. The molecule has 428 valence electrons. The average Bonchev–Trinajstić information content (AvgIpc) is 4.39. The van der Waals surface area contributed by atoms with Gasteiger partial charge in [0.1, 0.15) is 48.5 Å². The largest absolute Gasteiger partial charge is 0.766 e. The van der Waals surface area contributed by atoms with Gasteiger partial charge in [-0.05, 0) is 6.42 Å². The summed E-state index contributed by atoms with van der Waals surface area (Å²) in [5, 5.41) is 35.3. The van der Waals surface area contributed by atoms with E-state index in [2.05, 4.69) is 53.6 Å². The van der Waals surface area contributed by atoms with Gasteiger partial charge in [0.2, 0.25) is 25.4 Å². The molecule has 0 spiro atoms. The van der Waals surface area contributed by atoms with E-state index in [9.17, 15) is 62.7 Å². The first-order chi connectivity index (χ1) is 36.7. The Bertz CT molecular complexity index is 3530. The lowest BCUT2D eigenvalue weighted by Gasteiger charge is -2.32. The number of methoxy groups -OCH3 is 2. The highest BCUT2D eigenvalue weighted by Gasteiger charge is 2.52. The van der Waals surface area contributed by atoms with E-state index in [1.165, 1.54) is 40.5 Å². The maximum absolute atomic E-state index is 13.7. The monoisotopic (exact) mass is 1190 g/mol. The van der Waals surface area contributed by atoms with Gasteiger partial charge in [-0.2, -0.15) is 13.6 Å². The quantitative estimate of drug-likeness (QED) is 0.0225. The molecule has 0 aliphatic carbocycles. The van der Waals surface area contributed by atoms with Crippen molar-refractivity contribution < 1.29 is 104 Å². The molecular weight excluding hydrogens is 1140 g/mol. The van der Waals surface area contributed by atoms with Crippen LogP contribution in [-0.4, -0.2) is 173 Å². The van der Waals surface area contributed by atoms with E-state index in [1.807, 2.05) is 0 Å². The summed E-state index contributed by atoms with van der Waals surface area (Å²) in [6.07, 6.45) is -10.6. The molecule has 6 aromatic rings. The number of phosphoric acid groups is 3. The standard InChI is InChI=1S/C35H50N16O23P4/c1-48-12-51(28-20(48)30(56)46-35(38)44-28)31-21(52)13(4-5-65-2)14(70-31)6-68-76(59,60)73-78(63,64)74-77(61,62)69-7-15-17(24(66-3)33(71-15)49-10-41-18-25(36)39-9-40-26(18)49)47-75(57,58)67-8-16-22(53)23(54)32(72-16)50-11-42-19-27(50)43-34(37)45-29(19)55/h9-17,21-24,31-33,52-54H,4-8H2,1-3H3,(H12-,36,37,38,39,40,43,44,45,46,47,55,56,57,58,59,60,61,62,63,64)/t13-,14-,15-,16-,17-,21-,22-,23-,24-,31-,32-,33-/m1/s1. The minimum atomic E-state index is -6.17. The molecule has 43 heteroatoms. The van der Waals surface area contributed by atoms with Crippen LogP contribution < -0.4 is 42.9 Å². The van der Waals surface area contributed by atoms with E-state index < -0.39 is 136 Å². The molecule has 0 bridgehead atoms. The SMILES string of the molecule is COCC[C@H]1[C@@H](O)[C@H]([n+]2cn(C)c3c(=O)[nH]c(N)nc32)O[C@@H]1COP(=O)(O)OP(=O)(O)OP(=O)(O)OC[C@H]1O[C@@H](n2cnc3c(N)ncnc32)[C@H](OC)[C@@H]1NP(=O)([O-])OC[C@H]1O[C@@H](n2cnc3c(=O)[nH]c(N)nc32)[C@H](O)[C@@H]1O. The Morgan fingerprint density at radius 1 is 0.756 bits per heavy atom. The number of hydrogen-bond acceptors (Lipinski definition) is 29. The molecule has 3 fully saturated rings. The van der Waals surface area contributed by atoms with Gasteiger partial charge in [0.15, 0.2) is 41.4 Å². The summed E-state index contributed by atoms with van der Waals surface area (Å²) >= 11 is 0. The van der Waals surface area contributed by atoms with Crippen LogP contribution in [0, 0.1) is 5.92 Å². The van der Waals surface area contributed by atoms with Crippen molar-refractivity contribution in [1.82, 2.24) is 58.7 Å². The van der Waals surface area contributed by atoms with Crippen LogP contribution in [0.2, 0.25) is 0 Å². The van der Waals surface area contributed by atoms with Gasteiger partial charge in [0.25, 0.3) is 17.1 Å². The van der Waals surface area contributed by atoms with Crippen molar-refractivity contribution in [3.8, 4) is 0 Å². The zero-order chi connectivity index (χ0) is 56.4. The van der Waals surface area contributed by atoms with E-state index >= 15 is 0 Å². The fourth-order valence-electron chi connectivity index (χ4n) is 9.10. The Labute approximate surface area is 434 Å². The van der Waals surface area contributed by atoms with Gasteiger partial charge in [-0.1, -0.05) is 4.98 Å². The molecule has 3 saturated heterocycles. The number of nitrogens with zero attached hydrogens (tertiary/aromatic N) is 10. The number of phosphoric ester groups is 2. The predicted octanol–water partition coefficient (Wildman–Crippen LogP) is -4.48. The van der Waals surface area contributed by atoms with Crippen LogP contribution >= 0.6 is 31.2 Å². The topological polar surface area (TPSA) is 557 Å². The molecule has 0 amide bonds. The van der Waals surface area contributed by atoms with Crippen molar-refractivity contribution in [1.29, 1.82) is 0 Å². The summed E-state index contributed by atoms with van der Waals surface area (Å²) in [6.45, 7) is -3.09. The summed E-state index contributed by atoms with van der Waals surface area (Å²) in [7, 11) is -19.4. The lowest BCUT2D eigenvalue weighted by atomic mass is 9.95. The summed E-state index contributed by atoms with van der Waals surface area (Å²) in [4.78, 5) is 99.3. The predicted molar refractivity (Wildman–Crippen MR) is 253 cm³/mol. The first kappa shape index (κ1) is 57.5. The number of imidazole rings is 3. The molecule has 16 atom stereocenters. The number of aryl methyl sites for hydroxylation is 1. The molecule has 78 heavy (non-hydrogen) atoms. The van der Waals surface area contributed by atoms with Crippen molar-refractivity contribution in [3.63, 3.8) is 0 Å². The van der Waals surface area contributed by atoms with E-state index in [0.717, 1.165) is 24.3 Å². The van der Waals surface area contributed by atoms with Gasteiger partial charge < -0.3 is 80.3 Å². The molecule has 6 aromatic heterocycles. The Morgan fingerprint density at radius 3 is 2.05 bits per heavy atom. The number of rotatable bonds is 22. The Hall–Kier alpha value is -5.15. The highest BCUT2D eigenvalue weighted by atomic mass is 31.3. The number of ether oxygens (including phenoxy) is 5. The van der Waals surface area contributed by atoms with Crippen LogP contribution in [0.3, 0.4) is 0 Å². The van der Waals surface area contributed by atoms with Gasteiger partial charge in [0, 0.05) is 26.7 Å². The lowest BCUT2D eigenvalue weighted by Crippen LogP contribution is -2.47. The first-order valence-corrected chi connectivity index (χ1v) is 28.6. The number of aromatic amines is 2. The van der Waals surface area contributed by atoms with E-state index in [4.69, 9.17) is 54.5 Å². The number of nitrogen functional groups attached to an aromatic ring is 3. The molecular formula is C35H50N16O23P4. The second-order valence-electron chi connectivity index (χ2n) is 17.5. The number of nitrogens with one attached hydrogen (secondary N) is 3. The van der Waals surface area contributed by atoms with Crippen molar-refractivity contribution in [2.75, 3.05) is 57.8 Å². The van der Waals surface area contributed by atoms with Crippen molar-refractivity contribution in [2.45, 2.75) is 73.9 Å². The number of H-pyrrole nitrogens is 2. The normalized spacial score (nSPS) is 29.8. The summed E-state index contributed by atoms with van der Waals surface area (Å²) in [5.74, 6) is -1.58. The summed E-state index contributed by atoms with van der Waals surface area (Å²) in [6, 6.07) is -1.71. The molecule has 0 radical (unpaired) electrons. The Kier molecular flexibility index (Phi) is 16.3. The number of aliphatic hydroxyl groups excluding tert-OH is 3. The van der Waals surface area contributed by atoms with E-state index in [-0.39, 0.29) is 64.2 Å². The number of anilines is 3.